The van der Waals surface area contributed by atoms with Crippen molar-refractivity contribution in [3.63, 3.8) is 0 Å². The van der Waals surface area contributed by atoms with Gasteiger partial charge in [-0.1, -0.05) is 25.0 Å². The molecule has 4 rings (SSSR count). The highest BCUT2D eigenvalue weighted by Gasteiger charge is 2.17. The molecule has 11 heteroatoms. The van der Waals surface area contributed by atoms with E-state index in [-0.39, 0.29) is 5.95 Å². The van der Waals surface area contributed by atoms with Crippen LogP contribution in [0.15, 0.2) is 36.5 Å². The molecule has 0 unspecified atom stereocenters. The molecule has 0 radical (unpaired) electrons. The largest absolute Gasteiger partial charge is 0.370 e. The van der Waals surface area contributed by atoms with Crippen LogP contribution in [0.5, 0.6) is 0 Å². The van der Waals surface area contributed by atoms with Crippen LogP contribution in [0.4, 0.5) is 26.2 Å². The summed E-state index contributed by atoms with van der Waals surface area (Å²) in [5.74, 6) is 0.392. The van der Waals surface area contributed by atoms with Crippen LogP contribution in [-0.2, 0) is 0 Å². The molecule has 0 atom stereocenters. The Labute approximate surface area is 222 Å². The van der Waals surface area contributed by atoms with Gasteiger partial charge in [-0.25, -0.2) is 13.5 Å². The van der Waals surface area contributed by atoms with Gasteiger partial charge >= 0.3 is 0 Å². The van der Waals surface area contributed by atoms with Crippen LogP contribution in [0.2, 0.25) is 0 Å². The predicted molar refractivity (Wildman–Crippen MR) is 148 cm³/mol. The van der Waals surface area contributed by atoms with E-state index in [4.69, 9.17) is 11.5 Å². The van der Waals surface area contributed by atoms with E-state index in [9.17, 15) is 8.78 Å². The van der Waals surface area contributed by atoms with Crippen LogP contribution in [0.1, 0.15) is 36.9 Å². The minimum absolute atomic E-state index is 0.195. The van der Waals surface area contributed by atoms with E-state index in [1.165, 1.54) is 12.1 Å². The number of halogens is 2. The average Bonchev–Trinajstić information content (AvgIpc) is 3.26. The number of rotatable bonds is 12. The van der Waals surface area contributed by atoms with E-state index in [1.807, 2.05) is 24.1 Å². The Morgan fingerprint density at radius 2 is 1.71 bits per heavy atom. The number of aromatic nitrogens is 4. The van der Waals surface area contributed by atoms with Crippen molar-refractivity contribution in [2.45, 2.75) is 32.6 Å². The molecule has 0 amide bonds. The predicted octanol–water partition coefficient (Wildman–Crippen LogP) is 3.60. The third kappa shape index (κ3) is 7.48. The van der Waals surface area contributed by atoms with Crippen molar-refractivity contribution >= 4 is 23.5 Å². The summed E-state index contributed by atoms with van der Waals surface area (Å²) < 4.78 is 28.9. The minimum Gasteiger partial charge on any atom is -0.370 e. The molecule has 1 fully saturated rings. The summed E-state index contributed by atoms with van der Waals surface area (Å²) in [6.07, 6.45) is 10.3. The lowest BCUT2D eigenvalue weighted by Crippen LogP contribution is -2.46. The van der Waals surface area contributed by atoms with Crippen molar-refractivity contribution in [3.05, 3.63) is 59.4 Å². The molecule has 2 aromatic heterocycles. The summed E-state index contributed by atoms with van der Waals surface area (Å²) in [5, 5.41) is 7.84. The van der Waals surface area contributed by atoms with Crippen LogP contribution in [0, 0.1) is 18.6 Å². The molecule has 1 aromatic carbocycles. The molecule has 0 saturated carbocycles. The third-order valence-corrected chi connectivity index (χ3v) is 6.68. The second kappa shape index (κ2) is 13.3. The summed E-state index contributed by atoms with van der Waals surface area (Å²) in [7, 11) is 0. The molecule has 0 spiro atoms. The Morgan fingerprint density at radius 1 is 0.974 bits per heavy atom. The van der Waals surface area contributed by atoms with Gasteiger partial charge in [-0.2, -0.15) is 15.1 Å². The van der Waals surface area contributed by atoms with Crippen molar-refractivity contribution in [2.75, 3.05) is 61.8 Å². The maximum Gasteiger partial charge on any atom is 0.224 e. The summed E-state index contributed by atoms with van der Waals surface area (Å²) in [5.41, 5.74) is 14.0. The molecule has 1 aliphatic heterocycles. The smallest absolute Gasteiger partial charge is 0.224 e. The van der Waals surface area contributed by atoms with E-state index in [1.54, 1.807) is 4.68 Å². The fraction of sp³-hybridized carbons (Fsp3) is 0.444. The van der Waals surface area contributed by atoms with Crippen molar-refractivity contribution in [3.8, 4) is 5.82 Å². The monoisotopic (exact) mass is 525 g/mol. The first-order valence-corrected chi connectivity index (χ1v) is 13.2. The average molecular weight is 526 g/mol. The number of benzene rings is 1. The van der Waals surface area contributed by atoms with Crippen molar-refractivity contribution in [1.29, 1.82) is 0 Å². The maximum atomic E-state index is 13.6. The molecule has 0 aliphatic carbocycles. The van der Waals surface area contributed by atoms with Crippen LogP contribution in [0.25, 0.3) is 11.9 Å². The Morgan fingerprint density at radius 3 is 2.45 bits per heavy atom. The first-order valence-electron chi connectivity index (χ1n) is 13.2. The number of anilines is 3. The molecule has 38 heavy (non-hydrogen) atoms. The minimum atomic E-state index is -0.549. The zero-order valence-electron chi connectivity index (χ0n) is 21.9. The van der Waals surface area contributed by atoms with Gasteiger partial charge in [-0.05, 0) is 38.4 Å². The van der Waals surface area contributed by atoms with E-state index >= 15 is 0 Å². The Bertz CT molecular complexity index is 1200. The second-order valence-electron chi connectivity index (χ2n) is 9.51. The zero-order valence-corrected chi connectivity index (χ0v) is 21.9. The molecule has 9 nitrogen and oxygen atoms in total. The fourth-order valence-electron chi connectivity index (χ4n) is 4.55. The van der Waals surface area contributed by atoms with Gasteiger partial charge < -0.3 is 21.7 Å². The zero-order chi connectivity index (χ0) is 26.9. The van der Waals surface area contributed by atoms with Gasteiger partial charge in [-0.15, -0.1) is 0 Å². The summed E-state index contributed by atoms with van der Waals surface area (Å²) >= 11 is 0. The van der Waals surface area contributed by atoms with Crippen LogP contribution in [0.3, 0.4) is 0 Å². The Balaban J connectivity index is 1.30. The molecule has 1 aliphatic rings. The lowest BCUT2D eigenvalue weighted by atomic mass is 10.2. The van der Waals surface area contributed by atoms with Crippen molar-refractivity contribution in [2.24, 2.45) is 5.73 Å². The topological polar surface area (TPSA) is 114 Å². The van der Waals surface area contributed by atoms with Crippen LogP contribution < -0.4 is 21.7 Å². The number of nitrogens with one attached hydrogen (secondary N) is 1. The number of hydrogen-bond donors (Lipinski definition) is 3. The van der Waals surface area contributed by atoms with Gasteiger partial charge in [-0.3, -0.25) is 4.90 Å². The molecule has 1 saturated heterocycles. The van der Waals surface area contributed by atoms with Gasteiger partial charge in [0, 0.05) is 62.7 Å². The molecule has 5 N–H and O–H groups in total. The Kier molecular flexibility index (Phi) is 9.61. The number of nitrogens with two attached hydrogens (primary N) is 2. The highest BCUT2D eigenvalue weighted by molar-refractivity contribution is 5.54. The summed E-state index contributed by atoms with van der Waals surface area (Å²) in [6.45, 7) is 7.35. The quantitative estimate of drug-likeness (QED) is 0.308. The first kappa shape index (κ1) is 27.5. The third-order valence-electron chi connectivity index (χ3n) is 6.68. The first-order chi connectivity index (χ1) is 18.4. The second-order valence-corrected chi connectivity index (χ2v) is 9.51. The number of nitrogen functional groups attached to an aromatic ring is 1. The summed E-state index contributed by atoms with van der Waals surface area (Å²) in [6, 6.07) is 5.52. The van der Waals surface area contributed by atoms with Crippen molar-refractivity contribution < 1.29 is 8.78 Å². The molecular weight excluding hydrogens is 488 g/mol. The molecule has 3 aromatic rings. The number of hydrogen-bond acceptors (Lipinski definition) is 8. The van der Waals surface area contributed by atoms with E-state index in [0.717, 1.165) is 75.7 Å². The van der Waals surface area contributed by atoms with E-state index in [2.05, 4.69) is 37.4 Å². The van der Waals surface area contributed by atoms with Gasteiger partial charge in [0.2, 0.25) is 5.95 Å². The van der Waals surface area contributed by atoms with Crippen molar-refractivity contribution in [1.82, 2.24) is 24.6 Å². The maximum absolute atomic E-state index is 13.6. The van der Waals surface area contributed by atoms with E-state index < -0.39 is 11.6 Å². The van der Waals surface area contributed by atoms with Crippen LogP contribution >= 0.6 is 0 Å². The van der Waals surface area contributed by atoms with Gasteiger partial charge in [0.15, 0.2) is 5.82 Å². The molecule has 3 heterocycles. The lowest BCUT2D eigenvalue weighted by molar-refractivity contribution is 0.284. The van der Waals surface area contributed by atoms with Crippen LogP contribution in [-0.4, -0.2) is 70.5 Å². The molecule has 0 bridgehead atoms. The number of nitrogens with zero attached hydrogens (tertiary/aromatic N) is 6. The van der Waals surface area contributed by atoms with E-state index in [0.29, 0.717) is 30.4 Å². The lowest BCUT2D eigenvalue weighted by Gasteiger charge is -2.35. The normalized spacial score (nSPS) is 14.5. The fourth-order valence-corrected chi connectivity index (χ4v) is 4.55. The highest BCUT2D eigenvalue weighted by Crippen LogP contribution is 2.20. The Hall–Kier alpha value is -3.57. The standard InChI is InChI=1S/C27H37F2N9/c1-20-21(7-6-10-36-11-13-37(14-12-36)24-16-22(28)15-23(29)17-24)19-33-38(20)26-18-25(34-27(31)35-26)32-9-5-3-2-4-8-30/h6-7,15-19H,2-5,8-14,30H2,1H3,(H3,31,32,34,35)/b7-6+. The summed E-state index contributed by atoms with van der Waals surface area (Å²) in [4.78, 5) is 13.0. The van der Waals surface area contributed by atoms with Gasteiger partial charge in [0.1, 0.15) is 17.5 Å². The molecular formula is C27H37F2N9. The highest BCUT2D eigenvalue weighted by atomic mass is 19.1. The SMILES string of the molecule is Cc1c(/C=C/CN2CCN(c3cc(F)cc(F)c3)CC2)cnn1-c1cc(NCCCCCCN)nc(N)n1. The molecule has 204 valence electrons. The number of piperazine rings is 1. The van der Waals surface area contributed by atoms with Gasteiger partial charge in [0.05, 0.1) is 11.9 Å². The van der Waals surface area contributed by atoms with Gasteiger partial charge in [0.25, 0.3) is 0 Å². The number of unbranched alkanes of at least 4 members (excludes halogenated alkanes) is 3.